The Bertz CT molecular complexity index is 469. The molecule has 1 unspecified atom stereocenters. The Kier molecular flexibility index (Phi) is 4.39. The van der Waals surface area contributed by atoms with Crippen molar-refractivity contribution in [3.05, 3.63) is 34.9 Å². The number of hydrogen-bond donors (Lipinski definition) is 0. The summed E-state index contributed by atoms with van der Waals surface area (Å²) in [6.07, 6.45) is -3.44. The van der Waals surface area contributed by atoms with Crippen LogP contribution in [-0.2, 0) is 13.0 Å². The van der Waals surface area contributed by atoms with Crippen LogP contribution in [0, 0.1) is 0 Å². The van der Waals surface area contributed by atoms with Crippen molar-refractivity contribution >= 4 is 0 Å². The first-order valence-corrected chi connectivity index (χ1v) is 6.83. The summed E-state index contributed by atoms with van der Waals surface area (Å²) in [6, 6.07) is 5.97. The molecule has 0 saturated carbocycles. The minimum atomic E-state index is -4.13. The monoisotopic (exact) mass is 286 g/mol. The number of fused-ring (bicyclic) bond motifs is 1. The Hall–Kier alpha value is -1.07. The van der Waals surface area contributed by atoms with Gasteiger partial charge in [0.05, 0.1) is 6.54 Å². The van der Waals surface area contributed by atoms with Gasteiger partial charge in [0.15, 0.2) is 0 Å². The minimum absolute atomic E-state index is 0.172. The summed E-state index contributed by atoms with van der Waals surface area (Å²) in [4.78, 5) is 3.60. The smallest absolute Gasteiger partial charge is 0.305 e. The van der Waals surface area contributed by atoms with Gasteiger partial charge in [-0.05, 0) is 44.1 Å². The molecule has 0 amide bonds. The molecule has 20 heavy (non-hydrogen) atoms. The number of halogens is 3. The van der Waals surface area contributed by atoms with Gasteiger partial charge in [-0.25, -0.2) is 0 Å². The second-order valence-electron chi connectivity index (χ2n) is 5.78. The maximum Gasteiger partial charge on any atom is 0.401 e. The average molecular weight is 286 g/mol. The Morgan fingerprint density at radius 2 is 2.00 bits per heavy atom. The topological polar surface area (TPSA) is 6.48 Å². The van der Waals surface area contributed by atoms with Gasteiger partial charge < -0.3 is 4.90 Å². The second-order valence-corrected chi connectivity index (χ2v) is 5.78. The van der Waals surface area contributed by atoms with E-state index >= 15 is 0 Å². The van der Waals surface area contributed by atoms with Crippen molar-refractivity contribution in [2.75, 3.05) is 27.2 Å². The molecule has 1 aromatic rings. The highest BCUT2D eigenvalue weighted by molar-refractivity contribution is 5.36. The SMILES string of the molecule is CC1c2ccc(CN(C)C)cc2CCN1CC(F)(F)F. The molecule has 1 aliphatic heterocycles. The molecule has 0 radical (unpaired) electrons. The fourth-order valence-electron chi connectivity index (χ4n) is 2.85. The van der Waals surface area contributed by atoms with E-state index in [4.69, 9.17) is 0 Å². The van der Waals surface area contributed by atoms with Gasteiger partial charge in [0.1, 0.15) is 0 Å². The first-order chi connectivity index (χ1) is 9.26. The number of hydrogen-bond acceptors (Lipinski definition) is 2. The summed E-state index contributed by atoms with van der Waals surface area (Å²) in [5, 5.41) is 0. The van der Waals surface area contributed by atoms with Crippen molar-refractivity contribution in [1.29, 1.82) is 0 Å². The third-order valence-corrected chi connectivity index (χ3v) is 3.75. The van der Waals surface area contributed by atoms with Gasteiger partial charge in [0, 0.05) is 19.1 Å². The van der Waals surface area contributed by atoms with Crippen LogP contribution in [0.25, 0.3) is 0 Å². The van der Waals surface area contributed by atoms with E-state index < -0.39 is 12.7 Å². The van der Waals surface area contributed by atoms with Crippen LogP contribution < -0.4 is 0 Å². The number of alkyl halides is 3. The standard InChI is InChI=1S/C15H21F3N2/c1-11-14-5-4-12(9-19(2)3)8-13(14)6-7-20(11)10-15(16,17)18/h4-5,8,11H,6-7,9-10H2,1-3H3. The van der Waals surface area contributed by atoms with Crippen molar-refractivity contribution in [2.45, 2.75) is 32.1 Å². The molecule has 112 valence electrons. The van der Waals surface area contributed by atoms with Gasteiger partial charge in [-0.3, -0.25) is 4.90 Å². The normalized spacial score (nSPS) is 20.2. The summed E-state index contributed by atoms with van der Waals surface area (Å²) in [5.74, 6) is 0. The molecule has 0 spiro atoms. The van der Waals surface area contributed by atoms with Gasteiger partial charge in [-0.1, -0.05) is 18.2 Å². The summed E-state index contributed by atoms with van der Waals surface area (Å²) < 4.78 is 37.6. The minimum Gasteiger partial charge on any atom is -0.305 e. The summed E-state index contributed by atoms with van der Waals surface area (Å²) in [5.41, 5.74) is 3.43. The molecule has 5 heteroatoms. The molecule has 0 fully saturated rings. The van der Waals surface area contributed by atoms with Crippen LogP contribution in [0.1, 0.15) is 29.7 Å². The third kappa shape index (κ3) is 3.73. The lowest BCUT2D eigenvalue weighted by molar-refractivity contribution is -0.151. The Morgan fingerprint density at radius 1 is 1.30 bits per heavy atom. The van der Waals surface area contributed by atoms with Gasteiger partial charge in [-0.15, -0.1) is 0 Å². The Morgan fingerprint density at radius 3 is 2.60 bits per heavy atom. The number of rotatable bonds is 3. The van der Waals surface area contributed by atoms with E-state index in [9.17, 15) is 13.2 Å². The lowest BCUT2D eigenvalue weighted by Gasteiger charge is -2.36. The predicted octanol–water partition coefficient (Wildman–Crippen LogP) is 3.23. The van der Waals surface area contributed by atoms with Crippen LogP contribution >= 0.6 is 0 Å². The highest BCUT2D eigenvalue weighted by Crippen LogP contribution is 2.32. The second kappa shape index (κ2) is 5.74. The highest BCUT2D eigenvalue weighted by atomic mass is 19.4. The molecule has 0 saturated heterocycles. The van der Waals surface area contributed by atoms with Crippen LogP contribution in [0.3, 0.4) is 0 Å². The zero-order valence-corrected chi connectivity index (χ0v) is 12.2. The van der Waals surface area contributed by atoms with E-state index in [1.165, 1.54) is 16.0 Å². The highest BCUT2D eigenvalue weighted by Gasteiger charge is 2.35. The molecular weight excluding hydrogens is 265 g/mol. The van der Waals surface area contributed by atoms with Crippen LogP contribution in [0.4, 0.5) is 13.2 Å². The Labute approximate surface area is 118 Å². The van der Waals surface area contributed by atoms with E-state index in [-0.39, 0.29) is 6.04 Å². The molecule has 1 heterocycles. The molecule has 0 bridgehead atoms. The van der Waals surface area contributed by atoms with E-state index in [0.29, 0.717) is 13.0 Å². The average Bonchev–Trinajstić information content (AvgIpc) is 2.30. The molecule has 1 aliphatic rings. The molecule has 0 aromatic heterocycles. The van der Waals surface area contributed by atoms with Crippen molar-refractivity contribution in [3.8, 4) is 0 Å². The fourth-order valence-corrected chi connectivity index (χ4v) is 2.85. The third-order valence-electron chi connectivity index (χ3n) is 3.75. The molecule has 2 rings (SSSR count). The molecule has 0 aliphatic carbocycles. The largest absolute Gasteiger partial charge is 0.401 e. The molecular formula is C15H21F3N2. The first kappa shape index (κ1) is 15.3. The molecule has 1 atom stereocenters. The van der Waals surface area contributed by atoms with Crippen LogP contribution in [0.2, 0.25) is 0 Å². The first-order valence-electron chi connectivity index (χ1n) is 6.83. The zero-order valence-electron chi connectivity index (χ0n) is 12.2. The summed E-state index contributed by atoms with van der Waals surface area (Å²) >= 11 is 0. The van der Waals surface area contributed by atoms with Crippen molar-refractivity contribution < 1.29 is 13.2 Å². The van der Waals surface area contributed by atoms with E-state index in [1.54, 1.807) is 0 Å². The quantitative estimate of drug-likeness (QED) is 0.841. The lowest BCUT2D eigenvalue weighted by atomic mass is 9.92. The number of benzene rings is 1. The van der Waals surface area contributed by atoms with Crippen LogP contribution in [0.15, 0.2) is 18.2 Å². The molecule has 1 aromatic carbocycles. The van der Waals surface area contributed by atoms with Gasteiger partial charge >= 0.3 is 6.18 Å². The summed E-state index contributed by atoms with van der Waals surface area (Å²) in [6.45, 7) is 2.36. The van der Waals surface area contributed by atoms with E-state index in [0.717, 1.165) is 12.1 Å². The molecule has 0 N–H and O–H groups in total. The molecule has 2 nitrogen and oxygen atoms in total. The Balaban J connectivity index is 2.16. The predicted molar refractivity (Wildman–Crippen MR) is 73.6 cm³/mol. The van der Waals surface area contributed by atoms with Crippen LogP contribution in [-0.4, -0.2) is 43.2 Å². The lowest BCUT2D eigenvalue weighted by Crippen LogP contribution is -2.40. The van der Waals surface area contributed by atoms with Gasteiger partial charge in [0.2, 0.25) is 0 Å². The van der Waals surface area contributed by atoms with Gasteiger partial charge in [-0.2, -0.15) is 13.2 Å². The van der Waals surface area contributed by atoms with Crippen LogP contribution in [0.5, 0.6) is 0 Å². The maximum absolute atomic E-state index is 12.5. The maximum atomic E-state index is 12.5. The van der Waals surface area contributed by atoms with Crippen molar-refractivity contribution in [2.24, 2.45) is 0 Å². The van der Waals surface area contributed by atoms with E-state index in [1.807, 2.05) is 33.2 Å². The van der Waals surface area contributed by atoms with Crippen molar-refractivity contribution in [3.63, 3.8) is 0 Å². The zero-order chi connectivity index (χ0) is 14.9. The van der Waals surface area contributed by atoms with Crippen molar-refractivity contribution in [1.82, 2.24) is 9.80 Å². The van der Waals surface area contributed by atoms with Gasteiger partial charge in [0.25, 0.3) is 0 Å². The summed E-state index contributed by atoms with van der Waals surface area (Å²) in [7, 11) is 4.01. The fraction of sp³-hybridized carbons (Fsp3) is 0.600. The van der Waals surface area contributed by atoms with E-state index in [2.05, 4.69) is 11.0 Å². The number of nitrogens with zero attached hydrogens (tertiary/aromatic N) is 2.